The summed E-state index contributed by atoms with van der Waals surface area (Å²) in [6.45, 7) is 0.909. The lowest BCUT2D eigenvalue weighted by Crippen LogP contribution is -2.37. The van der Waals surface area contributed by atoms with Crippen molar-refractivity contribution in [2.75, 3.05) is 13.1 Å². The van der Waals surface area contributed by atoms with Gasteiger partial charge in [0.2, 0.25) is 5.91 Å². The summed E-state index contributed by atoms with van der Waals surface area (Å²) >= 11 is 6.08. The van der Waals surface area contributed by atoms with Crippen molar-refractivity contribution in [3.05, 3.63) is 34.9 Å². The molecule has 2 atom stereocenters. The van der Waals surface area contributed by atoms with Gasteiger partial charge in [0.15, 0.2) is 0 Å². The van der Waals surface area contributed by atoms with Gasteiger partial charge in [-0.1, -0.05) is 36.2 Å². The molecule has 2 aliphatic rings. The molecule has 1 heterocycles. The van der Waals surface area contributed by atoms with Gasteiger partial charge in [-0.3, -0.25) is 9.59 Å². The second-order valence-electron chi connectivity index (χ2n) is 6.09. The predicted octanol–water partition coefficient (Wildman–Crippen LogP) is 2.60. The molecule has 1 aliphatic carbocycles. The number of nitrogens with zero attached hydrogens (tertiary/aromatic N) is 1. The molecule has 3 rings (SSSR count). The van der Waals surface area contributed by atoms with Crippen LogP contribution in [-0.2, 0) is 16.0 Å². The second kappa shape index (κ2) is 5.34. The van der Waals surface area contributed by atoms with E-state index in [-0.39, 0.29) is 18.2 Å². The molecule has 0 aromatic heterocycles. The molecule has 1 N–H and O–H groups in total. The summed E-state index contributed by atoms with van der Waals surface area (Å²) < 4.78 is 0. The number of hydrogen-bond acceptors (Lipinski definition) is 2. The van der Waals surface area contributed by atoms with Crippen molar-refractivity contribution in [1.82, 2.24) is 4.90 Å². The highest BCUT2D eigenvalue weighted by Gasteiger charge is 2.55. The van der Waals surface area contributed by atoms with Gasteiger partial charge >= 0.3 is 5.97 Å². The highest BCUT2D eigenvalue weighted by atomic mass is 35.5. The van der Waals surface area contributed by atoms with Gasteiger partial charge < -0.3 is 10.0 Å². The van der Waals surface area contributed by atoms with Gasteiger partial charge in [0.1, 0.15) is 0 Å². The van der Waals surface area contributed by atoms with Gasteiger partial charge in [-0.05, 0) is 30.4 Å². The number of carboxylic acid groups (broad SMARTS) is 1. The van der Waals surface area contributed by atoms with Gasteiger partial charge in [0, 0.05) is 18.1 Å². The molecule has 1 aliphatic heterocycles. The summed E-state index contributed by atoms with van der Waals surface area (Å²) in [4.78, 5) is 25.8. The summed E-state index contributed by atoms with van der Waals surface area (Å²) in [6.07, 6.45) is 2.77. The van der Waals surface area contributed by atoms with Crippen molar-refractivity contribution in [2.45, 2.75) is 25.7 Å². The largest absolute Gasteiger partial charge is 0.481 e. The molecule has 2 fully saturated rings. The average Bonchev–Trinajstić information content (AvgIpc) is 2.99. The molecule has 0 radical (unpaired) electrons. The maximum Gasteiger partial charge on any atom is 0.311 e. The molecule has 21 heavy (non-hydrogen) atoms. The Morgan fingerprint density at radius 1 is 1.38 bits per heavy atom. The molecule has 1 aromatic carbocycles. The van der Waals surface area contributed by atoms with Crippen LogP contribution in [0.2, 0.25) is 5.02 Å². The van der Waals surface area contributed by atoms with Gasteiger partial charge in [0.25, 0.3) is 0 Å². The number of carbonyl (C=O) groups is 2. The van der Waals surface area contributed by atoms with Gasteiger partial charge in [-0.15, -0.1) is 0 Å². The van der Waals surface area contributed by atoms with E-state index in [2.05, 4.69) is 0 Å². The first-order valence-electron chi connectivity index (χ1n) is 7.27. The molecule has 0 bridgehead atoms. The maximum atomic E-state index is 12.4. The molecule has 1 saturated heterocycles. The number of carbonyl (C=O) groups excluding carboxylic acids is 1. The monoisotopic (exact) mass is 307 g/mol. The predicted molar refractivity (Wildman–Crippen MR) is 79.1 cm³/mol. The SMILES string of the molecule is O=C(Cc1ccccc1Cl)N1C[C@@H]2CCC[C@@]2(C(=O)O)C1. The summed E-state index contributed by atoms with van der Waals surface area (Å²) in [6, 6.07) is 7.29. The minimum atomic E-state index is -0.752. The average molecular weight is 308 g/mol. The smallest absolute Gasteiger partial charge is 0.311 e. The van der Waals surface area contributed by atoms with E-state index in [4.69, 9.17) is 11.6 Å². The molecule has 5 heteroatoms. The molecule has 1 aromatic rings. The molecule has 4 nitrogen and oxygen atoms in total. The van der Waals surface area contributed by atoms with Crippen LogP contribution in [0.3, 0.4) is 0 Å². The standard InChI is InChI=1S/C16H18ClNO3/c17-13-6-2-1-4-11(13)8-14(19)18-9-12-5-3-7-16(12,10-18)15(20)21/h1-2,4,6,12H,3,5,7-10H2,(H,20,21)/t12-,16+/m0/s1. The highest BCUT2D eigenvalue weighted by molar-refractivity contribution is 6.31. The number of hydrogen-bond donors (Lipinski definition) is 1. The van der Waals surface area contributed by atoms with Crippen molar-refractivity contribution in [1.29, 1.82) is 0 Å². The normalized spacial score (nSPS) is 27.7. The van der Waals surface area contributed by atoms with E-state index >= 15 is 0 Å². The highest BCUT2D eigenvalue weighted by Crippen LogP contribution is 2.48. The minimum absolute atomic E-state index is 0.0295. The molecule has 112 valence electrons. The number of aliphatic carboxylic acids is 1. The number of fused-ring (bicyclic) bond motifs is 1. The fourth-order valence-corrected chi connectivity index (χ4v) is 3.95. The fraction of sp³-hybridized carbons (Fsp3) is 0.500. The van der Waals surface area contributed by atoms with Crippen LogP contribution in [0.4, 0.5) is 0 Å². The van der Waals surface area contributed by atoms with Gasteiger partial charge in [-0.25, -0.2) is 0 Å². The number of amides is 1. The van der Waals surface area contributed by atoms with E-state index in [1.165, 1.54) is 0 Å². The second-order valence-corrected chi connectivity index (χ2v) is 6.50. The Morgan fingerprint density at radius 2 is 2.14 bits per heavy atom. The Bertz CT molecular complexity index is 589. The molecule has 1 amide bonds. The van der Waals surface area contributed by atoms with E-state index in [0.717, 1.165) is 18.4 Å². The summed E-state index contributed by atoms with van der Waals surface area (Å²) in [5.74, 6) is -0.679. The maximum absolute atomic E-state index is 12.4. The van der Waals surface area contributed by atoms with Crippen LogP contribution in [-0.4, -0.2) is 35.0 Å². The zero-order valence-corrected chi connectivity index (χ0v) is 12.5. The number of carboxylic acids is 1. The minimum Gasteiger partial charge on any atom is -0.481 e. The fourth-order valence-electron chi connectivity index (χ4n) is 3.75. The van der Waals surface area contributed by atoms with Gasteiger partial charge in [-0.2, -0.15) is 0 Å². The molecule has 0 spiro atoms. The zero-order chi connectivity index (χ0) is 15.0. The number of rotatable bonds is 3. The number of likely N-dealkylation sites (tertiary alicyclic amines) is 1. The van der Waals surface area contributed by atoms with E-state index in [1.54, 1.807) is 11.0 Å². The molecule has 1 saturated carbocycles. The third kappa shape index (κ3) is 2.42. The van der Waals surface area contributed by atoms with Crippen LogP contribution in [0.25, 0.3) is 0 Å². The first-order valence-corrected chi connectivity index (χ1v) is 7.65. The summed E-state index contributed by atoms with van der Waals surface area (Å²) in [5.41, 5.74) is 0.0847. The third-order valence-electron chi connectivity index (χ3n) is 4.95. The van der Waals surface area contributed by atoms with Crippen LogP contribution in [0, 0.1) is 11.3 Å². The quantitative estimate of drug-likeness (QED) is 0.934. The lowest BCUT2D eigenvalue weighted by Gasteiger charge is -2.23. The van der Waals surface area contributed by atoms with E-state index in [9.17, 15) is 14.7 Å². The van der Waals surface area contributed by atoms with Crippen molar-refractivity contribution in [2.24, 2.45) is 11.3 Å². The van der Waals surface area contributed by atoms with E-state index < -0.39 is 11.4 Å². The van der Waals surface area contributed by atoms with Crippen LogP contribution in [0.15, 0.2) is 24.3 Å². The van der Waals surface area contributed by atoms with Crippen LogP contribution in [0.5, 0.6) is 0 Å². The topological polar surface area (TPSA) is 57.6 Å². The Balaban J connectivity index is 1.73. The van der Waals surface area contributed by atoms with Gasteiger partial charge in [0.05, 0.1) is 11.8 Å². The summed E-state index contributed by atoms with van der Waals surface area (Å²) in [5, 5.41) is 10.1. The lowest BCUT2D eigenvalue weighted by atomic mass is 9.81. The van der Waals surface area contributed by atoms with Crippen LogP contribution in [0.1, 0.15) is 24.8 Å². The Morgan fingerprint density at radius 3 is 2.81 bits per heavy atom. The Hall–Kier alpha value is -1.55. The summed E-state index contributed by atoms with van der Waals surface area (Å²) in [7, 11) is 0. The first-order chi connectivity index (χ1) is 10.0. The van der Waals surface area contributed by atoms with Crippen LogP contribution >= 0.6 is 11.6 Å². The third-order valence-corrected chi connectivity index (χ3v) is 5.32. The first kappa shape index (κ1) is 14.4. The Kier molecular flexibility index (Phi) is 3.66. The van der Waals surface area contributed by atoms with Crippen molar-refractivity contribution in [3.63, 3.8) is 0 Å². The van der Waals surface area contributed by atoms with Crippen molar-refractivity contribution in [3.8, 4) is 0 Å². The lowest BCUT2D eigenvalue weighted by molar-refractivity contribution is -0.149. The van der Waals surface area contributed by atoms with Crippen molar-refractivity contribution >= 4 is 23.5 Å². The van der Waals surface area contributed by atoms with Crippen molar-refractivity contribution < 1.29 is 14.7 Å². The van der Waals surface area contributed by atoms with Crippen LogP contribution < -0.4 is 0 Å². The van der Waals surface area contributed by atoms with E-state index in [0.29, 0.717) is 24.5 Å². The molecule has 0 unspecified atom stereocenters. The molecular weight excluding hydrogens is 290 g/mol. The van der Waals surface area contributed by atoms with E-state index in [1.807, 2.05) is 18.2 Å². The zero-order valence-electron chi connectivity index (χ0n) is 11.7. The Labute approximate surface area is 128 Å². The number of benzene rings is 1. The number of halogens is 1. The molecular formula is C16H18ClNO3.